The Kier molecular flexibility index (Phi) is 8.47. The van der Waals surface area contributed by atoms with Crippen LogP contribution in [0.5, 0.6) is 0 Å². The number of non-ortho nitro benzene ring substituents is 2. The van der Waals surface area contributed by atoms with Crippen molar-refractivity contribution in [1.29, 1.82) is 0 Å². The predicted octanol–water partition coefficient (Wildman–Crippen LogP) is 1.07. The van der Waals surface area contributed by atoms with Crippen LogP contribution in [0, 0.1) is 20.2 Å². The Labute approximate surface area is 207 Å². The van der Waals surface area contributed by atoms with Gasteiger partial charge in [0.15, 0.2) is 0 Å². The Balaban J connectivity index is 0.00000272. The van der Waals surface area contributed by atoms with Crippen LogP contribution in [-0.4, -0.2) is 22.8 Å². The second-order valence-corrected chi connectivity index (χ2v) is 8.10. The molecule has 0 spiro atoms. The first-order valence-electron chi connectivity index (χ1n) is 8.92. The van der Waals surface area contributed by atoms with E-state index in [1.54, 1.807) is 29.2 Å². The van der Waals surface area contributed by atoms with E-state index in [-0.39, 0.29) is 60.3 Å². The molecule has 10 nitrogen and oxygen atoms in total. The fraction of sp³-hybridized carbons (Fsp3) is 0.100. The van der Waals surface area contributed by atoms with E-state index in [9.17, 15) is 33.2 Å². The van der Waals surface area contributed by atoms with Gasteiger partial charge in [0.05, 0.1) is 14.7 Å². The van der Waals surface area contributed by atoms with Gasteiger partial charge in [-0.25, -0.2) is 0 Å². The van der Waals surface area contributed by atoms with Crippen molar-refractivity contribution in [3.8, 4) is 0 Å². The Morgan fingerprint density at radius 1 is 0.812 bits per heavy atom. The molecule has 0 unspecified atom stereocenters. The molecule has 0 radical (unpaired) electrons. The minimum atomic E-state index is -4.36. The van der Waals surface area contributed by atoms with Gasteiger partial charge >= 0.3 is 29.6 Å². The van der Waals surface area contributed by atoms with E-state index in [0.29, 0.717) is 16.8 Å². The predicted molar refractivity (Wildman–Crippen MR) is 113 cm³/mol. The molecule has 0 saturated heterocycles. The van der Waals surface area contributed by atoms with Gasteiger partial charge in [-0.2, -0.15) is 8.42 Å². The van der Waals surface area contributed by atoms with Crippen molar-refractivity contribution < 1.29 is 53.8 Å². The standard InChI is InChI=1S/C20H17N3O7S.Na.H/c24-22(25)18-5-1-3-15(11-18)13-21(14-16-4-2-6-19(12-16)23(26)27)17-7-9-20(10-8-17)31(28,29)30;;/h1-12H,13-14H2,(H,28,29,30);;/q;+1;-1. The van der Waals surface area contributed by atoms with Crippen molar-refractivity contribution in [2.24, 2.45) is 0 Å². The molecule has 0 fully saturated rings. The average Bonchev–Trinajstić information content (AvgIpc) is 2.73. The molecule has 162 valence electrons. The molecule has 12 heteroatoms. The molecule has 1 N–H and O–H groups in total. The second-order valence-electron chi connectivity index (χ2n) is 6.68. The minimum absolute atomic E-state index is 0. The van der Waals surface area contributed by atoms with Crippen molar-refractivity contribution >= 4 is 27.2 Å². The van der Waals surface area contributed by atoms with Crippen LogP contribution in [0.3, 0.4) is 0 Å². The summed E-state index contributed by atoms with van der Waals surface area (Å²) in [5.41, 5.74) is 1.66. The first-order valence-corrected chi connectivity index (χ1v) is 10.4. The molecule has 3 aromatic rings. The molecule has 0 heterocycles. The number of rotatable bonds is 8. The van der Waals surface area contributed by atoms with Gasteiger partial charge in [0.1, 0.15) is 0 Å². The summed E-state index contributed by atoms with van der Waals surface area (Å²) in [6.45, 7) is 0.436. The number of anilines is 1. The molecule has 0 aliphatic heterocycles. The van der Waals surface area contributed by atoms with E-state index < -0.39 is 20.0 Å². The van der Waals surface area contributed by atoms with Crippen molar-refractivity contribution in [3.63, 3.8) is 0 Å². The molecule has 0 amide bonds. The first kappa shape index (κ1) is 25.4. The van der Waals surface area contributed by atoms with Crippen LogP contribution in [0.4, 0.5) is 17.1 Å². The molecule has 0 bridgehead atoms. The van der Waals surface area contributed by atoms with Gasteiger partial charge in [0.25, 0.3) is 21.5 Å². The molecular formula is C20H18N3NaO7S. The second kappa shape index (κ2) is 10.7. The molecule has 0 saturated carbocycles. The van der Waals surface area contributed by atoms with Gasteiger partial charge in [-0.1, -0.05) is 24.3 Å². The summed E-state index contributed by atoms with van der Waals surface area (Å²) in [5, 5.41) is 22.2. The fourth-order valence-corrected chi connectivity index (χ4v) is 3.52. The van der Waals surface area contributed by atoms with Crippen molar-refractivity contribution in [1.82, 2.24) is 0 Å². The number of nitrogens with zero attached hydrogens (tertiary/aromatic N) is 3. The van der Waals surface area contributed by atoms with Gasteiger partial charge in [0, 0.05) is 43.0 Å². The molecule has 0 aromatic heterocycles. The molecule has 0 aliphatic carbocycles. The summed E-state index contributed by atoms with van der Waals surface area (Å²) < 4.78 is 31.8. The normalized spacial score (nSPS) is 10.8. The monoisotopic (exact) mass is 467 g/mol. The Morgan fingerprint density at radius 2 is 1.25 bits per heavy atom. The van der Waals surface area contributed by atoms with Crippen LogP contribution in [0.1, 0.15) is 12.6 Å². The zero-order valence-electron chi connectivity index (χ0n) is 18.0. The largest absolute Gasteiger partial charge is 1.00 e. The average molecular weight is 467 g/mol. The topological polar surface area (TPSA) is 144 Å². The maximum atomic E-state index is 11.3. The summed E-state index contributed by atoms with van der Waals surface area (Å²) in [6.07, 6.45) is 0. The zero-order chi connectivity index (χ0) is 22.6. The third kappa shape index (κ3) is 6.58. The van der Waals surface area contributed by atoms with Gasteiger partial charge in [-0.3, -0.25) is 24.8 Å². The quantitative estimate of drug-likeness (QED) is 0.224. The first-order chi connectivity index (χ1) is 14.6. The van der Waals surface area contributed by atoms with E-state index in [4.69, 9.17) is 0 Å². The SMILES string of the molecule is O=[N+]([O-])c1cccc(CN(Cc2cccc([N+](=O)[O-])c2)c2ccc(S(=O)(=O)O)cc2)c1.[H-].[Na+]. The molecule has 0 aliphatic rings. The summed E-state index contributed by atoms with van der Waals surface area (Å²) in [5.74, 6) is 0. The van der Waals surface area contributed by atoms with Gasteiger partial charge in [-0.15, -0.1) is 0 Å². The summed E-state index contributed by atoms with van der Waals surface area (Å²) in [7, 11) is -4.36. The van der Waals surface area contributed by atoms with E-state index in [1.165, 1.54) is 48.5 Å². The molecule has 3 aromatic carbocycles. The molecular weight excluding hydrogens is 449 g/mol. The van der Waals surface area contributed by atoms with Gasteiger partial charge < -0.3 is 6.33 Å². The van der Waals surface area contributed by atoms with Crippen molar-refractivity contribution in [3.05, 3.63) is 104 Å². The van der Waals surface area contributed by atoms with Crippen LogP contribution in [-0.2, 0) is 23.2 Å². The van der Waals surface area contributed by atoms with Crippen molar-refractivity contribution in [2.45, 2.75) is 18.0 Å². The zero-order valence-corrected chi connectivity index (χ0v) is 19.8. The fourth-order valence-electron chi connectivity index (χ4n) is 3.04. The molecule has 0 atom stereocenters. The van der Waals surface area contributed by atoms with Crippen LogP contribution in [0.15, 0.2) is 77.7 Å². The van der Waals surface area contributed by atoms with Crippen LogP contribution in [0.2, 0.25) is 0 Å². The summed E-state index contributed by atoms with van der Waals surface area (Å²) in [4.78, 5) is 22.7. The van der Waals surface area contributed by atoms with Gasteiger partial charge in [0.2, 0.25) is 0 Å². The van der Waals surface area contributed by atoms with E-state index in [2.05, 4.69) is 0 Å². The molecule has 32 heavy (non-hydrogen) atoms. The van der Waals surface area contributed by atoms with Crippen LogP contribution in [0.25, 0.3) is 0 Å². The Bertz CT molecular complexity index is 1180. The van der Waals surface area contributed by atoms with E-state index in [0.717, 1.165) is 0 Å². The maximum absolute atomic E-state index is 11.3. The maximum Gasteiger partial charge on any atom is 1.00 e. The summed E-state index contributed by atoms with van der Waals surface area (Å²) in [6, 6.07) is 17.6. The van der Waals surface area contributed by atoms with Crippen LogP contribution >= 0.6 is 0 Å². The number of hydrogen-bond acceptors (Lipinski definition) is 7. The number of benzene rings is 3. The smallest absolute Gasteiger partial charge is 1.00 e. The number of nitro benzene ring substituents is 2. The number of hydrogen-bond donors (Lipinski definition) is 1. The minimum Gasteiger partial charge on any atom is -1.00 e. The number of nitro groups is 2. The molecule has 3 rings (SSSR count). The van der Waals surface area contributed by atoms with E-state index in [1.807, 2.05) is 0 Å². The van der Waals surface area contributed by atoms with E-state index >= 15 is 0 Å². The summed E-state index contributed by atoms with van der Waals surface area (Å²) >= 11 is 0. The third-order valence-corrected chi connectivity index (χ3v) is 5.36. The third-order valence-electron chi connectivity index (χ3n) is 4.49. The van der Waals surface area contributed by atoms with Crippen molar-refractivity contribution in [2.75, 3.05) is 4.90 Å². The van der Waals surface area contributed by atoms with Crippen LogP contribution < -0.4 is 34.5 Å². The Morgan fingerprint density at radius 3 is 1.62 bits per heavy atom. The van der Waals surface area contributed by atoms with Gasteiger partial charge in [-0.05, 0) is 35.4 Å². The Hall–Kier alpha value is -2.83.